The summed E-state index contributed by atoms with van der Waals surface area (Å²) < 4.78 is 72.0. The maximum Gasteiger partial charge on any atom is 0.524 e. The van der Waals surface area contributed by atoms with Crippen molar-refractivity contribution in [3.05, 3.63) is 187 Å². The highest BCUT2D eigenvalue weighted by Crippen LogP contribution is 2.38. The zero-order chi connectivity index (χ0) is 96.2. The Labute approximate surface area is 792 Å². The lowest BCUT2D eigenvalue weighted by atomic mass is 9.86. The number of hydrogen-bond acceptors (Lipinski definition) is 25. The molecule has 4 aromatic heterocycles. The monoisotopic (exact) mass is 1880 g/mol. The first-order valence-electron chi connectivity index (χ1n) is 47.0. The summed E-state index contributed by atoms with van der Waals surface area (Å²) in [6.07, 6.45) is 9.58. The molecule has 36 heteroatoms. The number of amides is 6. The third-order valence-electron chi connectivity index (χ3n) is 21.7. The maximum atomic E-state index is 14.2. The second-order valence-electron chi connectivity index (χ2n) is 35.0. The number of aromatic nitrogens is 10. The summed E-state index contributed by atoms with van der Waals surface area (Å²) in [7, 11) is -4.87. The zero-order valence-electron chi connectivity index (χ0n) is 79.2. The third-order valence-corrected chi connectivity index (χ3v) is 22.1. The van der Waals surface area contributed by atoms with Gasteiger partial charge in [0.25, 0.3) is 0 Å². The highest BCUT2D eigenvalue weighted by Gasteiger charge is 2.32. The van der Waals surface area contributed by atoms with E-state index in [1.54, 1.807) is 20.8 Å². The summed E-state index contributed by atoms with van der Waals surface area (Å²) in [5.74, 6) is 0.868. The van der Waals surface area contributed by atoms with E-state index in [1.807, 2.05) is 106 Å². The Morgan fingerprint density at radius 3 is 1.18 bits per heavy atom. The van der Waals surface area contributed by atoms with Crippen LogP contribution in [0.5, 0.6) is 17.5 Å². The number of rotatable bonds is 67. The molecule has 5 aromatic carbocycles. The van der Waals surface area contributed by atoms with Crippen LogP contribution in [0.1, 0.15) is 181 Å². The number of tetrazole rings is 2. The quantitative estimate of drug-likeness (QED) is 0.0130. The number of nitrogens with zero attached hydrogens (tertiary/aromatic N) is 10. The van der Waals surface area contributed by atoms with Crippen LogP contribution in [0.3, 0.4) is 0 Å². The number of nitrogens with one attached hydrogen (secondary N) is 6. The van der Waals surface area contributed by atoms with Gasteiger partial charge in [-0.15, -0.1) is 10.2 Å². The Morgan fingerprint density at radius 2 is 0.778 bits per heavy atom. The Balaban J connectivity index is 0.577. The fourth-order valence-corrected chi connectivity index (χ4v) is 15.0. The Morgan fingerprint density at radius 1 is 0.393 bits per heavy atom. The van der Waals surface area contributed by atoms with Crippen molar-refractivity contribution >= 4 is 43.5 Å². The smallest absolute Gasteiger partial charge is 0.478 e. The average Bonchev–Trinajstić information content (AvgIpc) is 1.81. The molecular formula is C99H137N16O19P. The van der Waals surface area contributed by atoms with E-state index >= 15 is 0 Å². The summed E-state index contributed by atoms with van der Waals surface area (Å²) in [4.78, 5) is 108. The number of aryl methyl sites for hydroxylation is 2. The van der Waals surface area contributed by atoms with E-state index < -0.39 is 43.4 Å². The molecular weight excluding hydrogens is 1750 g/mol. The molecule has 0 spiro atoms. The van der Waals surface area contributed by atoms with Crippen molar-refractivity contribution in [1.29, 1.82) is 0 Å². The van der Waals surface area contributed by atoms with E-state index in [1.165, 1.54) is 24.3 Å². The van der Waals surface area contributed by atoms with Gasteiger partial charge < -0.3 is 79.1 Å². The summed E-state index contributed by atoms with van der Waals surface area (Å²) in [5.41, 5.74) is 7.00. The van der Waals surface area contributed by atoms with Crippen molar-refractivity contribution in [3.8, 4) is 62.3 Å². The highest BCUT2D eigenvalue weighted by atomic mass is 31.2. The largest absolute Gasteiger partial charge is 0.524 e. The Kier molecular flexibility index (Phi) is 46.6. The van der Waals surface area contributed by atoms with Crippen molar-refractivity contribution in [1.82, 2.24) is 82.3 Å². The lowest BCUT2D eigenvalue weighted by molar-refractivity contribution is -0.130. The Hall–Kier alpha value is -11.5. The van der Waals surface area contributed by atoms with E-state index in [0.717, 1.165) is 108 Å². The van der Waals surface area contributed by atoms with Gasteiger partial charge in [0.05, 0.1) is 77.5 Å². The van der Waals surface area contributed by atoms with E-state index in [-0.39, 0.29) is 79.9 Å². The van der Waals surface area contributed by atoms with Gasteiger partial charge in [-0.1, -0.05) is 161 Å². The molecule has 9 rings (SSSR count). The van der Waals surface area contributed by atoms with Crippen LogP contribution in [0.2, 0.25) is 0 Å². The van der Waals surface area contributed by atoms with Gasteiger partial charge >= 0.3 is 13.9 Å². The first kappa shape index (κ1) is 107. The minimum Gasteiger partial charge on any atom is -0.478 e. The van der Waals surface area contributed by atoms with Crippen LogP contribution in [-0.4, -0.2) is 232 Å². The van der Waals surface area contributed by atoms with Crippen LogP contribution in [0, 0.1) is 0 Å². The molecule has 732 valence electrons. The number of carbonyl (C=O) groups excluding carboxylic acids is 6. The standard InChI is InChI=1S/C99H137N16O19P/c1-97(2,3)133-96(121)107-86(70-75-42-44-82(45-43-75)134-135(122,123)124)93(120)106-83(92(119)103-53-31-59-128-65-69-130-67-63-126-57-29-51-101-88(117)41-21-25-55-115-95(109-111-113-115)99(6,7)49-23-27-61-132-91-74-81(77-34-14-9-15-35-77)72-85(105-91)79-38-18-11-19-39-79)46-47-89(118)102-52-30-58-127-64-68-129-66-62-125-56-28-50-100-87(116)40-20-24-54-114-94(108-110-112-114)98(4,5)48-22-26-60-131-90-73-80(76-32-12-8-13-33-76)71-84(104-90)78-36-16-10-17-37-78/h8-19,32-39,42-45,71-74,83,86H,20-31,40-41,46-70H2,1-7H3,(H,100,116)(H,101,117)(H,102,118)(H,103,119)(H,106,120)(H,107,121)(H2,122,123,124)/t83-,86+/m0/s1. The van der Waals surface area contributed by atoms with Gasteiger partial charge in [-0.25, -0.2) is 28.7 Å². The molecule has 4 heterocycles. The molecule has 0 aliphatic carbocycles. The first-order chi connectivity index (χ1) is 65.2. The minimum absolute atomic E-state index is 0.0246. The summed E-state index contributed by atoms with van der Waals surface area (Å²) in [6, 6.07) is 51.8. The fraction of sp³-hybridized carbons (Fsp3) is 0.515. The van der Waals surface area contributed by atoms with Crippen molar-refractivity contribution < 1.29 is 90.3 Å². The van der Waals surface area contributed by atoms with Crippen LogP contribution in [0.4, 0.5) is 4.79 Å². The van der Waals surface area contributed by atoms with Crippen LogP contribution in [0.25, 0.3) is 44.8 Å². The molecule has 0 saturated carbocycles. The second-order valence-corrected chi connectivity index (χ2v) is 36.2. The molecule has 0 aliphatic rings. The normalized spacial score (nSPS) is 12.2. The third kappa shape index (κ3) is 42.1. The van der Waals surface area contributed by atoms with Gasteiger partial charge in [-0.3, -0.25) is 33.8 Å². The number of hydrogen-bond donors (Lipinski definition) is 8. The molecule has 0 bridgehead atoms. The van der Waals surface area contributed by atoms with Gasteiger partial charge in [-0.05, 0) is 190 Å². The zero-order valence-corrected chi connectivity index (χ0v) is 80.0. The van der Waals surface area contributed by atoms with Crippen molar-refractivity contribution in [2.75, 3.05) is 119 Å². The van der Waals surface area contributed by atoms with Gasteiger partial charge in [-0.2, -0.15) is 0 Å². The molecule has 0 saturated heterocycles. The van der Waals surface area contributed by atoms with E-state index in [9.17, 15) is 43.1 Å². The molecule has 0 unspecified atom stereocenters. The first-order valence-corrected chi connectivity index (χ1v) is 48.5. The van der Waals surface area contributed by atoms with Gasteiger partial charge in [0.15, 0.2) is 11.6 Å². The van der Waals surface area contributed by atoms with Crippen LogP contribution in [0.15, 0.2) is 170 Å². The van der Waals surface area contributed by atoms with E-state index in [4.69, 9.17) is 52.6 Å². The van der Waals surface area contributed by atoms with Gasteiger partial charge in [0.1, 0.15) is 23.4 Å². The topological polar surface area (TPSA) is 437 Å². The average molecular weight is 1890 g/mol. The van der Waals surface area contributed by atoms with Crippen LogP contribution >= 0.6 is 7.82 Å². The maximum absolute atomic E-state index is 14.2. The molecule has 135 heavy (non-hydrogen) atoms. The summed E-state index contributed by atoms with van der Waals surface area (Å²) in [6.45, 7) is 21.3. The number of ether oxygens (including phenoxy) is 9. The van der Waals surface area contributed by atoms with Gasteiger partial charge in [0.2, 0.25) is 41.3 Å². The van der Waals surface area contributed by atoms with Crippen molar-refractivity contribution in [3.63, 3.8) is 0 Å². The number of pyridine rings is 2. The molecule has 35 nitrogen and oxygen atoms in total. The molecule has 9 aromatic rings. The molecule has 2 atom stereocenters. The molecule has 0 fully saturated rings. The highest BCUT2D eigenvalue weighted by molar-refractivity contribution is 7.46. The molecule has 8 N–H and O–H groups in total. The number of alkyl carbamates (subject to hydrolysis) is 1. The summed E-state index contributed by atoms with van der Waals surface area (Å²) in [5, 5.41) is 42.3. The number of unbranched alkanes of at least 4 members (excludes halogenated alkanes) is 4. The fourth-order valence-electron chi connectivity index (χ4n) is 14.6. The minimum atomic E-state index is -4.87. The lowest BCUT2D eigenvalue weighted by Crippen LogP contribution is -2.55. The van der Waals surface area contributed by atoms with Crippen molar-refractivity contribution in [2.24, 2.45) is 0 Å². The molecule has 0 aliphatic heterocycles. The number of phosphoric ester groups is 1. The van der Waals surface area contributed by atoms with E-state index in [0.29, 0.717) is 174 Å². The summed E-state index contributed by atoms with van der Waals surface area (Å²) >= 11 is 0. The number of carbonyl (C=O) groups is 6. The number of phosphoric acid groups is 1. The predicted octanol–water partition coefficient (Wildman–Crippen LogP) is 13.2. The SMILES string of the molecule is CC(C)(C)OC(=O)N[C@H](Cc1ccc(OP(=O)(O)O)cc1)C(=O)N[C@@H](CCC(=O)NCCCOCCOCCOCCCNC(=O)CCCCn1nnnc1C(C)(C)CCCCOc1cc(-c2ccccc2)cc(-c2ccccc2)n1)C(=O)NCCCOCCOCCOCCCNC(=O)CCCCn1nnnc1C(C)(C)CCCCOc1cc(-c2ccccc2)cc(-c2ccccc2)n1. The number of benzene rings is 5. The molecule has 0 radical (unpaired) electrons. The van der Waals surface area contributed by atoms with Gasteiger partial charge in [0, 0.05) is 125 Å². The predicted molar refractivity (Wildman–Crippen MR) is 511 cm³/mol. The van der Waals surface area contributed by atoms with Crippen LogP contribution < -0.4 is 45.9 Å². The Bertz CT molecular complexity index is 4900. The van der Waals surface area contributed by atoms with Crippen molar-refractivity contribution in [2.45, 2.75) is 212 Å². The molecule has 6 amide bonds. The second kappa shape index (κ2) is 58.7. The van der Waals surface area contributed by atoms with Crippen LogP contribution in [-0.2, 0) is 92.0 Å². The lowest BCUT2D eigenvalue weighted by Gasteiger charge is -2.25. The van der Waals surface area contributed by atoms with E-state index in [2.05, 4.69) is 144 Å².